The van der Waals surface area contributed by atoms with Gasteiger partial charge in [-0.05, 0) is 36.8 Å². The zero-order valence-electron chi connectivity index (χ0n) is 16.4. The fraction of sp³-hybridized carbons (Fsp3) is 0.227. The van der Waals surface area contributed by atoms with Gasteiger partial charge in [0.15, 0.2) is 5.82 Å². The molecule has 0 amide bonds. The number of rotatable bonds is 6. The summed E-state index contributed by atoms with van der Waals surface area (Å²) in [5.74, 6) is 0.564. The monoisotopic (exact) mass is 427 g/mol. The summed E-state index contributed by atoms with van der Waals surface area (Å²) < 4.78 is 39.2. The van der Waals surface area contributed by atoms with E-state index in [2.05, 4.69) is 15.1 Å². The molecule has 0 aliphatic carbocycles. The highest BCUT2D eigenvalue weighted by Crippen LogP contribution is 2.28. The van der Waals surface area contributed by atoms with Gasteiger partial charge in [0.2, 0.25) is 0 Å². The Morgan fingerprint density at radius 1 is 1.03 bits per heavy atom. The summed E-state index contributed by atoms with van der Waals surface area (Å²) in [5.41, 5.74) is 9.05. The first kappa shape index (κ1) is 21.0. The topological polar surface area (TPSA) is 89.8 Å². The third-order valence-corrected chi connectivity index (χ3v) is 4.93. The quantitative estimate of drug-likeness (QED) is 0.478. The van der Waals surface area contributed by atoms with Gasteiger partial charge in [0.1, 0.15) is 0 Å². The van der Waals surface area contributed by atoms with Crippen LogP contribution in [0.25, 0.3) is 28.0 Å². The first-order chi connectivity index (χ1) is 14.8. The van der Waals surface area contributed by atoms with Gasteiger partial charge in [0, 0.05) is 23.4 Å². The zero-order chi connectivity index (χ0) is 22.0. The van der Waals surface area contributed by atoms with Crippen molar-refractivity contribution < 1.29 is 18.3 Å². The molecule has 0 aliphatic rings. The maximum Gasteiger partial charge on any atom is 0.389 e. The molecular formula is C22H20F3N5O. The van der Waals surface area contributed by atoms with Gasteiger partial charge < -0.3 is 10.8 Å². The van der Waals surface area contributed by atoms with E-state index < -0.39 is 18.6 Å². The second kappa shape index (κ2) is 8.44. The summed E-state index contributed by atoms with van der Waals surface area (Å²) in [6.45, 7) is -0.177. The minimum atomic E-state index is -4.25. The number of nitrogens with two attached hydrogens (primary N) is 1. The first-order valence-corrected chi connectivity index (χ1v) is 9.69. The van der Waals surface area contributed by atoms with Crippen LogP contribution < -0.4 is 5.73 Å². The Morgan fingerprint density at radius 3 is 2.61 bits per heavy atom. The predicted octanol–water partition coefficient (Wildman–Crippen LogP) is 4.32. The SMILES string of the molecule is NC(CCC(F)(F)F)c1cccc(-c2ccc3cnn(-c4cccc(CO)n4)c3c2)n1. The maximum absolute atomic E-state index is 12.5. The highest BCUT2D eigenvalue weighted by atomic mass is 19.4. The van der Waals surface area contributed by atoms with Crippen LogP contribution >= 0.6 is 0 Å². The number of halogens is 3. The van der Waals surface area contributed by atoms with Crippen molar-refractivity contribution in [3.05, 3.63) is 72.2 Å². The van der Waals surface area contributed by atoms with Gasteiger partial charge in [0.05, 0.1) is 35.4 Å². The molecule has 4 aromatic rings. The Hall–Kier alpha value is -3.30. The molecule has 0 fully saturated rings. The Kier molecular flexibility index (Phi) is 5.71. The van der Waals surface area contributed by atoms with Crippen molar-refractivity contribution in [2.45, 2.75) is 31.7 Å². The average molecular weight is 427 g/mol. The lowest BCUT2D eigenvalue weighted by atomic mass is 10.1. The van der Waals surface area contributed by atoms with Gasteiger partial charge in [-0.1, -0.05) is 24.3 Å². The van der Waals surface area contributed by atoms with Crippen molar-refractivity contribution in [1.82, 2.24) is 19.7 Å². The Morgan fingerprint density at radius 2 is 1.84 bits per heavy atom. The lowest BCUT2D eigenvalue weighted by Gasteiger charge is -2.14. The number of hydrogen-bond acceptors (Lipinski definition) is 5. The van der Waals surface area contributed by atoms with Gasteiger partial charge in [0.25, 0.3) is 0 Å². The van der Waals surface area contributed by atoms with Gasteiger partial charge in [-0.25, -0.2) is 9.67 Å². The molecule has 1 aromatic carbocycles. The summed E-state index contributed by atoms with van der Waals surface area (Å²) in [5, 5.41) is 14.6. The van der Waals surface area contributed by atoms with E-state index in [1.54, 1.807) is 47.3 Å². The summed E-state index contributed by atoms with van der Waals surface area (Å²) >= 11 is 0. The highest BCUT2D eigenvalue weighted by Gasteiger charge is 2.28. The lowest BCUT2D eigenvalue weighted by Crippen LogP contribution is -2.17. The Balaban J connectivity index is 1.67. The number of alkyl halides is 3. The molecule has 1 atom stereocenters. The molecule has 3 aromatic heterocycles. The standard InChI is InChI=1S/C22H20F3N5O/c23-22(24,25)10-9-17(26)19-5-2-4-18(29-19)14-7-8-15-12-27-30(20(15)11-14)21-6-1-3-16(13-31)28-21/h1-8,11-12,17,31H,9-10,13,26H2. The Labute approximate surface area is 176 Å². The molecule has 0 bridgehead atoms. The van der Waals surface area contributed by atoms with Crippen LogP contribution in [0, 0.1) is 0 Å². The van der Waals surface area contributed by atoms with E-state index >= 15 is 0 Å². The number of benzene rings is 1. The molecule has 1 unspecified atom stereocenters. The molecule has 3 N–H and O–H groups in total. The average Bonchev–Trinajstić information content (AvgIpc) is 3.20. The number of aromatic nitrogens is 4. The third kappa shape index (κ3) is 4.73. The molecule has 160 valence electrons. The molecule has 4 rings (SSSR count). The second-order valence-corrected chi connectivity index (χ2v) is 7.18. The zero-order valence-corrected chi connectivity index (χ0v) is 16.4. The summed E-state index contributed by atoms with van der Waals surface area (Å²) in [4.78, 5) is 8.88. The van der Waals surface area contributed by atoms with E-state index in [0.29, 0.717) is 22.9 Å². The van der Waals surface area contributed by atoms with Crippen molar-refractivity contribution in [1.29, 1.82) is 0 Å². The molecular weight excluding hydrogens is 407 g/mol. The van der Waals surface area contributed by atoms with E-state index in [9.17, 15) is 18.3 Å². The van der Waals surface area contributed by atoms with E-state index in [-0.39, 0.29) is 13.0 Å². The van der Waals surface area contributed by atoms with E-state index in [0.717, 1.165) is 16.5 Å². The van der Waals surface area contributed by atoms with Gasteiger partial charge in [-0.2, -0.15) is 18.3 Å². The summed E-state index contributed by atoms with van der Waals surface area (Å²) in [6.07, 6.45) is -3.72. The molecule has 0 aliphatic heterocycles. The van der Waals surface area contributed by atoms with Crippen LogP contribution in [0.1, 0.15) is 30.3 Å². The minimum Gasteiger partial charge on any atom is -0.390 e. The predicted molar refractivity (Wildman–Crippen MR) is 110 cm³/mol. The normalized spacial score (nSPS) is 12.9. The third-order valence-electron chi connectivity index (χ3n) is 4.93. The minimum absolute atomic E-state index is 0.177. The number of aliphatic hydroxyl groups excluding tert-OH is 1. The summed E-state index contributed by atoms with van der Waals surface area (Å²) in [7, 11) is 0. The van der Waals surface area contributed by atoms with Crippen LogP contribution in [-0.2, 0) is 6.61 Å². The van der Waals surface area contributed by atoms with Crippen molar-refractivity contribution >= 4 is 10.9 Å². The number of aliphatic hydroxyl groups is 1. The van der Waals surface area contributed by atoms with Crippen molar-refractivity contribution in [3.63, 3.8) is 0 Å². The molecule has 3 heterocycles. The number of fused-ring (bicyclic) bond motifs is 1. The van der Waals surface area contributed by atoms with Crippen LogP contribution in [0.15, 0.2) is 60.8 Å². The first-order valence-electron chi connectivity index (χ1n) is 9.69. The van der Waals surface area contributed by atoms with Gasteiger partial charge >= 0.3 is 6.18 Å². The summed E-state index contributed by atoms with van der Waals surface area (Å²) in [6, 6.07) is 15.3. The van der Waals surface area contributed by atoms with Crippen molar-refractivity contribution in [2.24, 2.45) is 5.73 Å². The smallest absolute Gasteiger partial charge is 0.389 e. The van der Waals surface area contributed by atoms with E-state index in [4.69, 9.17) is 5.73 Å². The number of hydrogen-bond donors (Lipinski definition) is 2. The molecule has 0 saturated carbocycles. The molecule has 9 heteroatoms. The van der Waals surface area contributed by atoms with Crippen LogP contribution in [0.4, 0.5) is 13.2 Å². The molecule has 0 spiro atoms. The van der Waals surface area contributed by atoms with Gasteiger partial charge in [-0.3, -0.25) is 4.98 Å². The van der Waals surface area contributed by atoms with Crippen molar-refractivity contribution in [2.75, 3.05) is 0 Å². The van der Waals surface area contributed by atoms with Crippen LogP contribution in [-0.4, -0.2) is 31.0 Å². The number of nitrogens with zero attached hydrogens (tertiary/aromatic N) is 4. The van der Waals surface area contributed by atoms with E-state index in [1.165, 1.54) is 0 Å². The second-order valence-electron chi connectivity index (χ2n) is 7.18. The van der Waals surface area contributed by atoms with Crippen LogP contribution in [0.3, 0.4) is 0 Å². The van der Waals surface area contributed by atoms with Crippen LogP contribution in [0.2, 0.25) is 0 Å². The highest BCUT2D eigenvalue weighted by molar-refractivity contribution is 5.84. The fourth-order valence-corrected chi connectivity index (χ4v) is 3.32. The van der Waals surface area contributed by atoms with Gasteiger partial charge in [-0.15, -0.1) is 0 Å². The lowest BCUT2D eigenvalue weighted by molar-refractivity contribution is -0.136. The largest absolute Gasteiger partial charge is 0.390 e. The molecule has 0 radical (unpaired) electrons. The molecule has 6 nitrogen and oxygen atoms in total. The molecule has 31 heavy (non-hydrogen) atoms. The van der Waals surface area contributed by atoms with E-state index in [1.807, 2.05) is 18.2 Å². The van der Waals surface area contributed by atoms with Crippen LogP contribution in [0.5, 0.6) is 0 Å². The maximum atomic E-state index is 12.5. The number of pyridine rings is 2. The molecule has 0 saturated heterocycles. The van der Waals surface area contributed by atoms with Crippen molar-refractivity contribution in [3.8, 4) is 17.1 Å². The fourth-order valence-electron chi connectivity index (χ4n) is 3.32. The Bertz CT molecular complexity index is 1210.